The highest BCUT2D eigenvalue weighted by molar-refractivity contribution is 5.89. The third kappa shape index (κ3) is 4.05. The van der Waals surface area contributed by atoms with Crippen LogP contribution in [0.1, 0.15) is 31.9 Å². The van der Waals surface area contributed by atoms with Crippen molar-refractivity contribution in [2.45, 2.75) is 32.7 Å². The second-order valence-corrected chi connectivity index (χ2v) is 6.61. The molecule has 0 aliphatic carbocycles. The van der Waals surface area contributed by atoms with Gasteiger partial charge in [-0.15, -0.1) is 0 Å². The third-order valence-electron chi connectivity index (χ3n) is 4.31. The van der Waals surface area contributed by atoms with Crippen LogP contribution in [0.4, 0.5) is 10.5 Å². The largest absolute Gasteiger partial charge is 0.486 e. The van der Waals surface area contributed by atoms with E-state index >= 15 is 0 Å². The highest BCUT2D eigenvalue weighted by atomic mass is 16.6. The van der Waals surface area contributed by atoms with Gasteiger partial charge >= 0.3 is 6.03 Å². The Labute approximate surface area is 148 Å². The van der Waals surface area contributed by atoms with Crippen molar-refractivity contribution in [1.82, 2.24) is 5.32 Å². The van der Waals surface area contributed by atoms with Crippen molar-refractivity contribution >= 4 is 11.7 Å². The van der Waals surface area contributed by atoms with Crippen LogP contribution in [0.5, 0.6) is 11.5 Å². The molecular weight excluding hydrogens is 316 g/mol. The Morgan fingerprint density at radius 3 is 2.40 bits per heavy atom. The zero-order chi connectivity index (χ0) is 17.9. The van der Waals surface area contributed by atoms with Crippen LogP contribution in [0.25, 0.3) is 0 Å². The van der Waals surface area contributed by atoms with Gasteiger partial charge in [0, 0.05) is 5.69 Å². The molecule has 0 spiro atoms. The number of hydrogen-bond donors (Lipinski definition) is 2. The van der Waals surface area contributed by atoms with Gasteiger partial charge in [0.15, 0.2) is 11.5 Å². The topological polar surface area (TPSA) is 59.6 Å². The highest BCUT2D eigenvalue weighted by Gasteiger charge is 2.25. The second kappa shape index (κ2) is 7.05. The molecule has 1 heterocycles. The van der Waals surface area contributed by atoms with E-state index in [4.69, 9.17) is 9.47 Å². The first-order chi connectivity index (χ1) is 12.0. The van der Waals surface area contributed by atoms with Crippen LogP contribution in [0.15, 0.2) is 42.5 Å². The van der Waals surface area contributed by atoms with Crippen molar-refractivity contribution in [2.75, 3.05) is 18.5 Å². The standard InChI is InChI=1S/C20H24N2O3/c1-4-14-5-8-16(9-6-14)21-19(23)22-20(2,3)15-7-10-17-18(13-15)25-12-11-24-17/h5-10,13H,4,11-12H2,1-3H3,(H2,21,22,23). The molecule has 25 heavy (non-hydrogen) atoms. The van der Waals surface area contributed by atoms with Crippen molar-refractivity contribution in [1.29, 1.82) is 0 Å². The number of aryl methyl sites for hydroxylation is 1. The summed E-state index contributed by atoms with van der Waals surface area (Å²) < 4.78 is 11.2. The summed E-state index contributed by atoms with van der Waals surface area (Å²) >= 11 is 0. The molecule has 0 fully saturated rings. The molecule has 132 valence electrons. The molecule has 2 N–H and O–H groups in total. The fraction of sp³-hybridized carbons (Fsp3) is 0.350. The maximum Gasteiger partial charge on any atom is 0.319 e. The number of fused-ring (bicyclic) bond motifs is 1. The number of nitrogens with one attached hydrogen (secondary N) is 2. The molecule has 3 rings (SSSR count). The second-order valence-electron chi connectivity index (χ2n) is 6.61. The maximum atomic E-state index is 12.4. The Morgan fingerprint density at radius 1 is 1.04 bits per heavy atom. The Balaban J connectivity index is 1.68. The third-order valence-corrected chi connectivity index (χ3v) is 4.31. The molecule has 2 aromatic carbocycles. The number of carbonyl (C=O) groups is 1. The van der Waals surface area contributed by atoms with Gasteiger partial charge in [0.05, 0.1) is 5.54 Å². The van der Waals surface area contributed by atoms with Gasteiger partial charge in [-0.1, -0.05) is 25.1 Å². The number of rotatable bonds is 4. The lowest BCUT2D eigenvalue weighted by Crippen LogP contribution is -2.43. The first-order valence-corrected chi connectivity index (χ1v) is 8.56. The summed E-state index contributed by atoms with van der Waals surface area (Å²) in [5, 5.41) is 5.89. The summed E-state index contributed by atoms with van der Waals surface area (Å²) in [5.74, 6) is 1.46. The van der Waals surface area contributed by atoms with Crippen LogP contribution < -0.4 is 20.1 Å². The number of urea groups is 1. The average Bonchev–Trinajstić information content (AvgIpc) is 2.61. The molecule has 1 aliphatic heterocycles. The van der Waals surface area contributed by atoms with E-state index in [-0.39, 0.29) is 6.03 Å². The van der Waals surface area contributed by atoms with Gasteiger partial charge in [-0.05, 0) is 55.7 Å². The molecular formula is C20H24N2O3. The van der Waals surface area contributed by atoms with Gasteiger partial charge in [0.2, 0.25) is 0 Å². The van der Waals surface area contributed by atoms with Crippen LogP contribution in [-0.4, -0.2) is 19.2 Å². The Kier molecular flexibility index (Phi) is 4.83. The van der Waals surface area contributed by atoms with Gasteiger partial charge in [-0.25, -0.2) is 4.79 Å². The Bertz CT molecular complexity index is 754. The molecule has 0 aromatic heterocycles. The lowest BCUT2D eigenvalue weighted by Gasteiger charge is -2.28. The highest BCUT2D eigenvalue weighted by Crippen LogP contribution is 2.34. The van der Waals surface area contributed by atoms with Crippen molar-refractivity contribution < 1.29 is 14.3 Å². The summed E-state index contributed by atoms with van der Waals surface area (Å²) in [4.78, 5) is 12.4. The molecule has 0 saturated carbocycles. The van der Waals surface area contributed by atoms with Gasteiger partial charge in [-0.3, -0.25) is 0 Å². The SMILES string of the molecule is CCc1ccc(NC(=O)NC(C)(C)c2ccc3c(c2)OCCO3)cc1. The van der Waals surface area contributed by atoms with Gasteiger partial charge < -0.3 is 20.1 Å². The van der Waals surface area contributed by atoms with E-state index in [0.29, 0.717) is 19.0 Å². The molecule has 2 aromatic rings. The first-order valence-electron chi connectivity index (χ1n) is 8.56. The zero-order valence-electron chi connectivity index (χ0n) is 14.9. The van der Waals surface area contributed by atoms with Crippen LogP contribution in [-0.2, 0) is 12.0 Å². The van der Waals surface area contributed by atoms with E-state index in [1.165, 1.54) is 5.56 Å². The summed E-state index contributed by atoms with van der Waals surface area (Å²) in [5.41, 5.74) is 2.41. The molecule has 5 heteroatoms. The van der Waals surface area contributed by atoms with Crippen LogP contribution in [0.2, 0.25) is 0 Å². The minimum absolute atomic E-state index is 0.246. The lowest BCUT2D eigenvalue weighted by molar-refractivity contribution is 0.171. The van der Waals surface area contributed by atoms with E-state index in [9.17, 15) is 4.79 Å². The van der Waals surface area contributed by atoms with E-state index in [2.05, 4.69) is 17.6 Å². The molecule has 2 amide bonds. The first kappa shape index (κ1) is 17.1. The monoisotopic (exact) mass is 340 g/mol. The molecule has 0 bridgehead atoms. The summed E-state index contributed by atoms with van der Waals surface area (Å²) in [6.07, 6.45) is 0.976. The Hall–Kier alpha value is -2.69. The predicted molar refractivity (Wildman–Crippen MR) is 98.4 cm³/mol. The number of anilines is 1. The van der Waals surface area contributed by atoms with Crippen molar-refractivity contribution in [3.05, 3.63) is 53.6 Å². The van der Waals surface area contributed by atoms with Gasteiger partial charge in [-0.2, -0.15) is 0 Å². The fourth-order valence-electron chi connectivity index (χ4n) is 2.77. The number of ether oxygens (including phenoxy) is 2. The lowest BCUT2D eigenvalue weighted by atomic mass is 9.94. The van der Waals surface area contributed by atoms with Crippen LogP contribution >= 0.6 is 0 Å². The zero-order valence-corrected chi connectivity index (χ0v) is 14.9. The van der Waals surface area contributed by atoms with E-state index in [1.807, 2.05) is 56.3 Å². The van der Waals surface area contributed by atoms with Gasteiger partial charge in [0.25, 0.3) is 0 Å². The van der Waals surface area contributed by atoms with Crippen LogP contribution in [0, 0.1) is 0 Å². The van der Waals surface area contributed by atoms with Gasteiger partial charge in [0.1, 0.15) is 13.2 Å². The minimum atomic E-state index is -0.552. The van der Waals surface area contributed by atoms with Crippen molar-refractivity contribution in [3.8, 4) is 11.5 Å². The number of amides is 2. The quantitative estimate of drug-likeness (QED) is 0.882. The molecule has 0 saturated heterocycles. The van der Waals surface area contributed by atoms with Crippen molar-refractivity contribution in [3.63, 3.8) is 0 Å². The molecule has 0 unspecified atom stereocenters. The summed E-state index contributed by atoms with van der Waals surface area (Å²) in [6, 6.07) is 13.4. The fourth-order valence-corrected chi connectivity index (χ4v) is 2.77. The number of carbonyl (C=O) groups excluding carboxylic acids is 1. The maximum absolute atomic E-state index is 12.4. The smallest absolute Gasteiger partial charge is 0.319 e. The minimum Gasteiger partial charge on any atom is -0.486 e. The average molecular weight is 340 g/mol. The summed E-state index contributed by atoms with van der Waals surface area (Å²) in [6.45, 7) is 7.12. The van der Waals surface area contributed by atoms with E-state index in [1.54, 1.807) is 0 Å². The summed E-state index contributed by atoms with van der Waals surface area (Å²) in [7, 11) is 0. The molecule has 5 nitrogen and oxygen atoms in total. The predicted octanol–water partition coefficient (Wildman–Crippen LogP) is 4.08. The van der Waals surface area contributed by atoms with Crippen LogP contribution in [0.3, 0.4) is 0 Å². The molecule has 0 atom stereocenters. The van der Waals surface area contributed by atoms with E-state index < -0.39 is 5.54 Å². The van der Waals surface area contributed by atoms with Crippen molar-refractivity contribution in [2.24, 2.45) is 0 Å². The van der Waals surface area contributed by atoms with E-state index in [0.717, 1.165) is 23.4 Å². The number of benzene rings is 2. The normalized spacial score (nSPS) is 13.2. The number of hydrogen-bond acceptors (Lipinski definition) is 3. The molecule has 1 aliphatic rings. The molecule has 0 radical (unpaired) electrons. The Morgan fingerprint density at radius 2 is 1.72 bits per heavy atom.